The Hall–Kier alpha value is -1.18. The van der Waals surface area contributed by atoms with Crippen molar-refractivity contribution in [3.05, 3.63) is 11.1 Å². The monoisotopic (exact) mass is 287 g/mol. The van der Waals surface area contributed by atoms with Gasteiger partial charge in [0.2, 0.25) is 5.91 Å². The van der Waals surface area contributed by atoms with E-state index in [9.17, 15) is 4.79 Å². The van der Waals surface area contributed by atoms with E-state index in [0.29, 0.717) is 31.4 Å². The number of aromatic nitrogens is 1. The largest absolute Gasteiger partial charge is 0.385 e. The molecule has 1 aromatic rings. The molecule has 108 valence electrons. The van der Waals surface area contributed by atoms with Gasteiger partial charge in [0.05, 0.1) is 18.7 Å². The van der Waals surface area contributed by atoms with Crippen LogP contribution in [0.15, 0.2) is 5.38 Å². The number of carbonyl (C=O) groups is 1. The van der Waals surface area contributed by atoms with Crippen molar-refractivity contribution in [1.82, 2.24) is 9.88 Å². The molecule has 0 unspecified atom stereocenters. The third-order valence-electron chi connectivity index (χ3n) is 2.60. The summed E-state index contributed by atoms with van der Waals surface area (Å²) in [5.74, 6) is 0.0402. The second-order valence-electron chi connectivity index (χ2n) is 4.07. The molecule has 0 fully saturated rings. The first-order valence-electron chi connectivity index (χ1n) is 6.13. The summed E-state index contributed by atoms with van der Waals surface area (Å²) in [5, 5.41) is 2.31. The molecular weight excluding hydrogens is 266 g/mol. The highest BCUT2D eigenvalue weighted by atomic mass is 32.1. The summed E-state index contributed by atoms with van der Waals surface area (Å²) in [7, 11) is 3.28. The number of nitrogens with zero attached hydrogens (tertiary/aromatic N) is 2. The van der Waals surface area contributed by atoms with Crippen molar-refractivity contribution in [1.29, 1.82) is 0 Å². The van der Waals surface area contributed by atoms with Crippen LogP contribution in [0.1, 0.15) is 12.1 Å². The van der Waals surface area contributed by atoms with E-state index in [4.69, 9.17) is 15.2 Å². The van der Waals surface area contributed by atoms with Crippen molar-refractivity contribution < 1.29 is 14.3 Å². The molecule has 0 aliphatic rings. The summed E-state index contributed by atoms with van der Waals surface area (Å²) >= 11 is 1.35. The van der Waals surface area contributed by atoms with Crippen molar-refractivity contribution >= 4 is 22.4 Å². The topological polar surface area (TPSA) is 77.7 Å². The summed E-state index contributed by atoms with van der Waals surface area (Å²) < 4.78 is 10.0. The number of rotatable bonds is 9. The van der Waals surface area contributed by atoms with Crippen LogP contribution in [0.25, 0.3) is 0 Å². The first-order valence-corrected chi connectivity index (χ1v) is 7.01. The van der Waals surface area contributed by atoms with Crippen molar-refractivity contribution in [3.63, 3.8) is 0 Å². The van der Waals surface area contributed by atoms with Gasteiger partial charge in [-0.3, -0.25) is 4.79 Å². The predicted molar refractivity (Wildman–Crippen MR) is 75.2 cm³/mol. The van der Waals surface area contributed by atoms with Gasteiger partial charge in [-0.25, -0.2) is 4.98 Å². The Morgan fingerprint density at radius 3 is 2.68 bits per heavy atom. The van der Waals surface area contributed by atoms with E-state index in [0.717, 1.165) is 12.1 Å². The molecule has 19 heavy (non-hydrogen) atoms. The van der Waals surface area contributed by atoms with Gasteiger partial charge in [0.1, 0.15) is 0 Å². The maximum absolute atomic E-state index is 12.2. The molecule has 7 heteroatoms. The Morgan fingerprint density at radius 2 is 2.11 bits per heavy atom. The Labute approximate surface area is 117 Å². The van der Waals surface area contributed by atoms with Crippen LogP contribution in [0.3, 0.4) is 0 Å². The summed E-state index contributed by atoms with van der Waals surface area (Å²) in [6.45, 7) is 2.41. The van der Waals surface area contributed by atoms with E-state index < -0.39 is 0 Å². The molecule has 2 N–H and O–H groups in total. The fourth-order valence-electron chi connectivity index (χ4n) is 1.63. The number of nitrogens with two attached hydrogens (primary N) is 1. The number of hydrogen-bond donors (Lipinski definition) is 1. The highest BCUT2D eigenvalue weighted by Gasteiger charge is 2.15. The van der Waals surface area contributed by atoms with Gasteiger partial charge >= 0.3 is 0 Å². The van der Waals surface area contributed by atoms with Crippen molar-refractivity contribution in [2.24, 2.45) is 0 Å². The number of anilines is 1. The number of amides is 1. The van der Waals surface area contributed by atoms with Crippen LogP contribution in [0.4, 0.5) is 5.13 Å². The summed E-state index contributed by atoms with van der Waals surface area (Å²) in [6.07, 6.45) is 1.09. The van der Waals surface area contributed by atoms with E-state index >= 15 is 0 Å². The van der Waals surface area contributed by atoms with Gasteiger partial charge in [-0.15, -0.1) is 11.3 Å². The zero-order valence-electron chi connectivity index (χ0n) is 11.4. The first-order chi connectivity index (χ1) is 9.17. The first kappa shape index (κ1) is 15.9. The maximum atomic E-state index is 12.2. The number of nitrogen functional groups attached to an aromatic ring is 1. The number of thiazole rings is 1. The van der Waals surface area contributed by atoms with E-state index in [1.165, 1.54) is 11.3 Å². The molecule has 6 nitrogen and oxygen atoms in total. The van der Waals surface area contributed by atoms with Crippen LogP contribution < -0.4 is 5.73 Å². The minimum absolute atomic E-state index is 0.0402. The Balaban J connectivity index is 2.49. The molecule has 1 rings (SSSR count). The highest BCUT2D eigenvalue weighted by Crippen LogP contribution is 2.12. The molecular formula is C12H21N3O3S. The van der Waals surface area contributed by atoms with Gasteiger partial charge in [-0.05, 0) is 6.42 Å². The fraction of sp³-hybridized carbons (Fsp3) is 0.667. The maximum Gasteiger partial charge on any atom is 0.228 e. The smallest absolute Gasteiger partial charge is 0.228 e. The van der Waals surface area contributed by atoms with Crippen LogP contribution in [0, 0.1) is 0 Å². The van der Waals surface area contributed by atoms with Gasteiger partial charge in [0, 0.05) is 39.3 Å². The molecule has 0 aliphatic carbocycles. The van der Waals surface area contributed by atoms with Crippen LogP contribution in [0.2, 0.25) is 0 Å². The number of carbonyl (C=O) groups excluding carboxylic acids is 1. The molecule has 0 atom stereocenters. The van der Waals surface area contributed by atoms with Gasteiger partial charge in [0.25, 0.3) is 0 Å². The van der Waals surface area contributed by atoms with Crippen LogP contribution in [-0.2, 0) is 20.7 Å². The number of ether oxygens (including phenoxy) is 2. The molecule has 0 aromatic carbocycles. The third kappa shape index (κ3) is 6.00. The fourth-order valence-corrected chi connectivity index (χ4v) is 2.20. The van der Waals surface area contributed by atoms with Crippen LogP contribution >= 0.6 is 11.3 Å². The van der Waals surface area contributed by atoms with Crippen LogP contribution in [-0.4, -0.2) is 56.3 Å². The van der Waals surface area contributed by atoms with E-state index in [2.05, 4.69) is 4.98 Å². The standard InChI is InChI=1S/C12H21N3O3S/c1-17-6-3-4-15(5-7-18-2)11(16)8-10-9-19-12(13)14-10/h9H,3-8H2,1-2H3,(H2,13,14). The normalized spacial score (nSPS) is 10.6. The van der Waals surface area contributed by atoms with E-state index in [1.807, 2.05) is 5.38 Å². The summed E-state index contributed by atoms with van der Waals surface area (Å²) in [5.41, 5.74) is 6.28. The molecule has 0 radical (unpaired) electrons. The highest BCUT2D eigenvalue weighted by molar-refractivity contribution is 7.13. The van der Waals surface area contributed by atoms with Crippen molar-refractivity contribution in [2.75, 3.05) is 46.3 Å². The summed E-state index contributed by atoms with van der Waals surface area (Å²) in [6, 6.07) is 0. The number of hydrogen-bond acceptors (Lipinski definition) is 6. The minimum Gasteiger partial charge on any atom is -0.385 e. The zero-order chi connectivity index (χ0) is 14.1. The second-order valence-corrected chi connectivity index (χ2v) is 4.96. The molecule has 1 amide bonds. The Bertz CT molecular complexity index is 384. The average Bonchev–Trinajstić information content (AvgIpc) is 2.79. The Kier molecular flexibility index (Phi) is 7.39. The molecule has 0 saturated heterocycles. The van der Waals surface area contributed by atoms with Crippen molar-refractivity contribution in [3.8, 4) is 0 Å². The molecule has 0 aliphatic heterocycles. The number of methoxy groups -OCH3 is 2. The minimum atomic E-state index is 0.0402. The van der Waals surface area contributed by atoms with Gasteiger partial charge < -0.3 is 20.1 Å². The van der Waals surface area contributed by atoms with Gasteiger partial charge in [-0.2, -0.15) is 0 Å². The molecule has 0 bridgehead atoms. The lowest BCUT2D eigenvalue weighted by atomic mass is 10.3. The zero-order valence-corrected chi connectivity index (χ0v) is 12.2. The second kappa shape index (κ2) is 8.84. The summed E-state index contributed by atoms with van der Waals surface area (Å²) in [4.78, 5) is 18.1. The SMILES string of the molecule is COCCCN(CCOC)C(=O)Cc1csc(N)n1. The lowest BCUT2D eigenvalue weighted by molar-refractivity contribution is -0.131. The Morgan fingerprint density at radius 1 is 1.37 bits per heavy atom. The quantitative estimate of drug-likeness (QED) is 0.679. The van der Waals surface area contributed by atoms with E-state index in [1.54, 1.807) is 19.1 Å². The van der Waals surface area contributed by atoms with Crippen molar-refractivity contribution in [2.45, 2.75) is 12.8 Å². The van der Waals surface area contributed by atoms with Crippen LogP contribution in [0.5, 0.6) is 0 Å². The predicted octanol–water partition coefficient (Wildman–Crippen LogP) is 0.779. The van der Waals surface area contributed by atoms with Gasteiger partial charge in [-0.1, -0.05) is 0 Å². The lowest BCUT2D eigenvalue weighted by Crippen LogP contribution is -2.36. The molecule has 1 heterocycles. The van der Waals surface area contributed by atoms with E-state index in [-0.39, 0.29) is 12.3 Å². The molecule has 0 spiro atoms. The molecule has 0 saturated carbocycles. The third-order valence-corrected chi connectivity index (χ3v) is 3.32. The van der Waals surface area contributed by atoms with Gasteiger partial charge in [0.15, 0.2) is 5.13 Å². The lowest BCUT2D eigenvalue weighted by Gasteiger charge is -2.22. The average molecular weight is 287 g/mol. The molecule has 1 aromatic heterocycles.